The molecule has 1 aromatic heterocycles. The van der Waals surface area contributed by atoms with Crippen molar-refractivity contribution in [1.29, 1.82) is 0 Å². The SMILES string of the molecule is NCC(=CF)C(O)c1cnc(N2CCOCC2)nc1. The smallest absolute Gasteiger partial charge is 0.225 e. The summed E-state index contributed by atoms with van der Waals surface area (Å²) in [5.74, 6) is 0.581. The minimum absolute atomic E-state index is 0.0527. The third-order valence-corrected chi connectivity index (χ3v) is 2.99. The van der Waals surface area contributed by atoms with Gasteiger partial charge in [-0.15, -0.1) is 0 Å². The molecule has 1 aliphatic heterocycles. The Kier molecular flexibility index (Phi) is 4.78. The molecular weight excluding hydrogens is 251 g/mol. The number of hydrogen-bond donors (Lipinski definition) is 2. The van der Waals surface area contributed by atoms with E-state index in [1.807, 2.05) is 4.90 Å². The van der Waals surface area contributed by atoms with Crippen LogP contribution < -0.4 is 10.6 Å². The first-order chi connectivity index (χ1) is 9.26. The average molecular weight is 268 g/mol. The van der Waals surface area contributed by atoms with E-state index in [1.165, 1.54) is 12.4 Å². The quantitative estimate of drug-likeness (QED) is 0.809. The maximum absolute atomic E-state index is 12.5. The van der Waals surface area contributed by atoms with Gasteiger partial charge in [-0.2, -0.15) is 0 Å². The van der Waals surface area contributed by atoms with Gasteiger partial charge in [0.05, 0.1) is 19.5 Å². The van der Waals surface area contributed by atoms with Crippen molar-refractivity contribution in [3.8, 4) is 0 Å². The summed E-state index contributed by atoms with van der Waals surface area (Å²) in [5, 5.41) is 9.88. The zero-order valence-corrected chi connectivity index (χ0v) is 10.5. The molecule has 1 aliphatic rings. The second-order valence-corrected chi connectivity index (χ2v) is 4.21. The maximum atomic E-state index is 12.5. The summed E-state index contributed by atoms with van der Waals surface area (Å²) in [6.07, 6.45) is 2.19. The summed E-state index contributed by atoms with van der Waals surface area (Å²) in [6.45, 7) is 2.72. The third kappa shape index (κ3) is 3.25. The predicted molar refractivity (Wildman–Crippen MR) is 68.3 cm³/mol. The molecule has 1 unspecified atom stereocenters. The van der Waals surface area contributed by atoms with Crippen molar-refractivity contribution >= 4 is 5.95 Å². The van der Waals surface area contributed by atoms with Gasteiger partial charge in [-0.25, -0.2) is 14.4 Å². The van der Waals surface area contributed by atoms with Crippen molar-refractivity contribution in [3.05, 3.63) is 29.9 Å². The number of rotatable bonds is 4. The summed E-state index contributed by atoms with van der Waals surface area (Å²) in [7, 11) is 0. The van der Waals surface area contributed by atoms with E-state index in [-0.39, 0.29) is 12.1 Å². The minimum atomic E-state index is -1.10. The average Bonchev–Trinajstić information content (AvgIpc) is 2.49. The normalized spacial score (nSPS) is 18.5. The molecule has 104 valence electrons. The number of morpholine rings is 1. The van der Waals surface area contributed by atoms with Crippen LogP contribution in [0.3, 0.4) is 0 Å². The highest BCUT2D eigenvalue weighted by Crippen LogP contribution is 2.20. The third-order valence-electron chi connectivity index (χ3n) is 2.99. The standard InChI is InChI=1S/C12H17FN4O2/c13-5-9(6-14)11(18)10-7-15-12(16-8-10)17-1-3-19-4-2-17/h5,7-8,11,18H,1-4,6,14H2. The van der Waals surface area contributed by atoms with Gasteiger partial charge in [-0.1, -0.05) is 0 Å². The molecule has 1 saturated heterocycles. The number of aliphatic hydroxyl groups is 1. The molecule has 2 rings (SSSR count). The van der Waals surface area contributed by atoms with Crippen LogP contribution in [0.5, 0.6) is 0 Å². The number of nitrogens with zero attached hydrogens (tertiary/aromatic N) is 3. The molecule has 6 nitrogen and oxygen atoms in total. The molecule has 0 aliphatic carbocycles. The fourth-order valence-electron chi connectivity index (χ4n) is 1.83. The summed E-state index contributed by atoms with van der Waals surface area (Å²) in [5.41, 5.74) is 5.86. The Hall–Kier alpha value is -1.57. The Labute approximate surface area is 110 Å². The molecule has 0 amide bonds. The molecule has 7 heteroatoms. The zero-order valence-electron chi connectivity index (χ0n) is 10.5. The van der Waals surface area contributed by atoms with Crippen LogP contribution in [-0.4, -0.2) is 47.9 Å². The van der Waals surface area contributed by atoms with Gasteiger partial charge in [-0.05, 0) is 0 Å². The van der Waals surface area contributed by atoms with Gasteiger partial charge in [0, 0.05) is 43.2 Å². The lowest BCUT2D eigenvalue weighted by Gasteiger charge is -2.26. The van der Waals surface area contributed by atoms with E-state index in [0.29, 0.717) is 31.1 Å². The van der Waals surface area contributed by atoms with Crippen LogP contribution in [0.15, 0.2) is 24.3 Å². The largest absolute Gasteiger partial charge is 0.384 e. The molecule has 19 heavy (non-hydrogen) atoms. The Morgan fingerprint density at radius 3 is 2.63 bits per heavy atom. The number of anilines is 1. The molecule has 0 bridgehead atoms. The van der Waals surface area contributed by atoms with Crippen molar-refractivity contribution in [2.75, 3.05) is 37.7 Å². The molecular formula is C12H17FN4O2. The number of aliphatic hydroxyl groups excluding tert-OH is 1. The highest BCUT2D eigenvalue weighted by atomic mass is 19.1. The highest BCUT2D eigenvalue weighted by Gasteiger charge is 2.16. The van der Waals surface area contributed by atoms with E-state index in [0.717, 1.165) is 13.1 Å². The highest BCUT2D eigenvalue weighted by molar-refractivity contribution is 5.32. The van der Waals surface area contributed by atoms with Gasteiger partial charge < -0.3 is 20.5 Å². The summed E-state index contributed by atoms with van der Waals surface area (Å²) in [6, 6.07) is 0. The number of ether oxygens (including phenoxy) is 1. The van der Waals surface area contributed by atoms with Crippen LogP contribution in [0.1, 0.15) is 11.7 Å². The van der Waals surface area contributed by atoms with Crippen LogP contribution in [0, 0.1) is 0 Å². The van der Waals surface area contributed by atoms with E-state index in [2.05, 4.69) is 9.97 Å². The summed E-state index contributed by atoms with van der Waals surface area (Å²) >= 11 is 0. The number of nitrogens with two attached hydrogens (primary N) is 1. The lowest BCUT2D eigenvalue weighted by Crippen LogP contribution is -2.37. The Morgan fingerprint density at radius 2 is 2.11 bits per heavy atom. The van der Waals surface area contributed by atoms with Crippen LogP contribution in [0.2, 0.25) is 0 Å². The maximum Gasteiger partial charge on any atom is 0.225 e. The van der Waals surface area contributed by atoms with E-state index in [1.54, 1.807) is 0 Å². The first-order valence-corrected chi connectivity index (χ1v) is 6.08. The van der Waals surface area contributed by atoms with E-state index in [9.17, 15) is 9.50 Å². The fourth-order valence-corrected chi connectivity index (χ4v) is 1.83. The molecule has 0 saturated carbocycles. The topological polar surface area (TPSA) is 84.5 Å². The molecule has 1 fully saturated rings. The van der Waals surface area contributed by atoms with Gasteiger partial charge in [-0.3, -0.25) is 0 Å². The number of halogens is 1. The molecule has 0 aromatic carbocycles. The van der Waals surface area contributed by atoms with Gasteiger partial charge in [0.25, 0.3) is 0 Å². The Balaban J connectivity index is 2.09. The van der Waals surface area contributed by atoms with Gasteiger partial charge >= 0.3 is 0 Å². The van der Waals surface area contributed by atoms with Crippen LogP contribution in [0.4, 0.5) is 10.3 Å². The number of hydrogen-bond acceptors (Lipinski definition) is 6. The Bertz CT molecular complexity index is 432. The molecule has 3 N–H and O–H groups in total. The van der Waals surface area contributed by atoms with Crippen molar-refractivity contribution in [2.24, 2.45) is 5.73 Å². The number of aromatic nitrogens is 2. The zero-order chi connectivity index (χ0) is 13.7. The van der Waals surface area contributed by atoms with E-state index >= 15 is 0 Å². The molecule has 1 atom stereocenters. The first kappa shape index (κ1) is 13.9. The molecule has 0 radical (unpaired) electrons. The lowest BCUT2D eigenvalue weighted by molar-refractivity contribution is 0.122. The van der Waals surface area contributed by atoms with Crippen molar-refractivity contribution in [1.82, 2.24) is 9.97 Å². The second kappa shape index (κ2) is 6.55. The fraction of sp³-hybridized carbons (Fsp3) is 0.500. The molecule has 0 spiro atoms. The van der Waals surface area contributed by atoms with Crippen LogP contribution in [-0.2, 0) is 4.74 Å². The van der Waals surface area contributed by atoms with E-state index in [4.69, 9.17) is 10.5 Å². The van der Waals surface area contributed by atoms with Gasteiger partial charge in [0.2, 0.25) is 5.95 Å². The summed E-state index contributed by atoms with van der Waals surface area (Å²) in [4.78, 5) is 10.4. The van der Waals surface area contributed by atoms with Crippen molar-refractivity contribution in [2.45, 2.75) is 6.10 Å². The Morgan fingerprint density at radius 1 is 1.47 bits per heavy atom. The summed E-state index contributed by atoms with van der Waals surface area (Å²) < 4.78 is 17.7. The van der Waals surface area contributed by atoms with Gasteiger partial charge in [0.1, 0.15) is 6.10 Å². The first-order valence-electron chi connectivity index (χ1n) is 6.08. The van der Waals surface area contributed by atoms with E-state index < -0.39 is 6.10 Å². The molecule has 2 heterocycles. The van der Waals surface area contributed by atoms with Crippen LogP contribution in [0.25, 0.3) is 0 Å². The monoisotopic (exact) mass is 268 g/mol. The predicted octanol–water partition coefficient (Wildman–Crippen LogP) is 0.159. The second-order valence-electron chi connectivity index (χ2n) is 4.21. The van der Waals surface area contributed by atoms with Crippen molar-refractivity contribution in [3.63, 3.8) is 0 Å². The molecule has 1 aromatic rings. The van der Waals surface area contributed by atoms with Crippen molar-refractivity contribution < 1.29 is 14.2 Å². The lowest BCUT2D eigenvalue weighted by atomic mass is 10.1. The van der Waals surface area contributed by atoms with Gasteiger partial charge in [0.15, 0.2) is 0 Å². The minimum Gasteiger partial charge on any atom is -0.384 e. The van der Waals surface area contributed by atoms with Crippen LogP contribution >= 0.6 is 0 Å².